The van der Waals surface area contributed by atoms with Crippen molar-refractivity contribution >= 4 is 45.5 Å². The minimum absolute atomic E-state index is 0.216. The fourth-order valence-electron chi connectivity index (χ4n) is 2.54. The summed E-state index contributed by atoms with van der Waals surface area (Å²) >= 11 is 4.67. The molecule has 1 heterocycles. The molecular formula is C20H19BrN4O3S. The number of esters is 1. The minimum atomic E-state index is -0.433. The van der Waals surface area contributed by atoms with Crippen molar-refractivity contribution in [3.63, 3.8) is 0 Å². The topological polar surface area (TPSA) is 86.1 Å². The number of amides is 1. The van der Waals surface area contributed by atoms with E-state index < -0.39 is 5.25 Å². The Hall–Kier alpha value is -2.65. The molecule has 0 saturated carbocycles. The van der Waals surface area contributed by atoms with E-state index >= 15 is 0 Å². The predicted molar refractivity (Wildman–Crippen MR) is 115 cm³/mol. The Morgan fingerprint density at radius 2 is 1.93 bits per heavy atom. The molecule has 9 heteroatoms. The van der Waals surface area contributed by atoms with Crippen LogP contribution < -0.4 is 5.32 Å². The lowest BCUT2D eigenvalue weighted by Crippen LogP contribution is -2.17. The molecule has 0 aliphatic carbocycles. The van der Waals surface area contributed by atoms with Crippen LogP contribution in [0, 0.1) is 0 Å². The van der Waals surface area contributed by atoms with Crippen molar-refractivity contribution in [3.8, 4) is 0 Å². The molecule has 0 bridgehead atoms. The lowest BCUT2D eigenvalue weighted by Gasteiger charge is -2.12. The highest BCUT2D eigenvalue weighted by molar-refractivity contribution is 9.10. The number of benzene rings is 2. The van der Waals surface area contributed by atoms with E-state index in [1.54, 1.807) is 36.1 Å². The standard InChI is InChI=1S/C20H19BrN4O3S/c1-13(19(27)28-2)29-17-6-4-3-5-16(17)18(26)23-20-22-12-25(24-20)11-14-7-9-15(21)10-8-14/h3-10,12-13H,11H2,1-2H3,(H,23,24,26). The first-order chi connectivity index (χ1) is 14.0. The molecule has 1 amide bonds. The normalized spacial score (nSPS) is 11.7. The summed E-state index contributed by atoms with van der Waals surface area (Å²) < 4.78 is 7.41. The number of nitrogens with one attached hydrogen (secondary N) is 1. The first-order valence-electron chi connectivity index (χ1n) is 8.75. The summed E-state index contributed by atoms with van der Waals surface area (Å²) in [7, 11) is 1.34. The summed E-state index contributed by atoms with van der Waals surface area (Å²) in [6, 6.07) is 15.0. The second kappa shape index (κ2) is 9.71. The largest absolute Gasteiger partial charge is 0.468 e. The van der Waals surface area contributed by atoms with Crippen molar-refractivity contribution in [3.05, 3.63) is 70.5 Å². The number of thioether (sulfide) groups is 1. The quantitative estimate of drug-likeness (QED) is 0.411. The Kier molecular flexibility index (Phi) is 7.05. The van der Waals surface area contributed by atoms with E-state index in [-0.39, 0.29) is 17.8 Å². The smallest absolute Gasteiger partial charge is 0.318 e. The Morgan fingerprint density at radius 1 is 1.21 bits per heavy atom. The number of ether oxygens (including phenoxy) is 1. The Bertz CT molecular complexity index is 1010. The summed E-state index contributed by atoms with van der Waals surface area (Å²) in [5, 5.41) is 6.58. The minimum Gasteiger partial charge on any atom is -0.468 e. The molecule has 1 unspecified atom stereocenters. The first-order valence-corrected chi connectivity index (χ1v) is 10.4. The third-order valence-corrected chi connectivity index (χ3v) is 5.67. The SMILES string of the molecule is COC(=O)C(C)Sc1ccccc1C(=O)Nc1ncn(Cc2ccc(Br)cc2)n1. The van der Waals surface area contributed by atoms with Crippen molar-refractivity contribution in [1.29, 1.82) is 0 Å². The van der Waals surface area contributed by atoms with Gasteiger partial charge in [0.25, 0.3) is 5.91 Å². The lowest BCUT2D eigenvalue weighted by atomic mass is 10.2. The van der Waals surface area contributed by atoms with E-state index in [1.165, 1.54) is 18.9 Å². The fraction of sp³-hybridized carbons (Fsp3) is 0.200. The van der Waals surface area contributed by atoms with E-state index in [4.69, 9.17) is 4.74 Å². The average molecular weight is 475 g/mol. The molecule has 1 atom stereocenters. The summed E-state index contributed by atoms with van der Waals surface area (Å²) in [6.07, 6.45) is 1.57. The summed E-state index contributed by atoms with van der Waals surface area (Å²) in [6.45, 7) is 2.27. The molecule has 0 fully saturated rings. The number of carbonyl (C=O) groups is 2. The van der Waals surface area contributed by atoms with Crippen LogP contribution in [0.4, 0.5) is 5.95 Å². The van der Waals surface area contributed by atoms with Crippen LogP contribution in [0.5, 0.6) is 0 Å². The number of methoxy groups -OCH3 is 1. The van der Waals surface area contributed by atoms with Gasteiger partial charge in [0.2, 0.25) is 5.95 Å². The van der Waals surface area contributed by atoms with Gasteiger partial charge in [0.15, 0.2) is 0 Å². The van der Waals surface area contributed by atoms with Gasteiger partial charge in [0.1, 0.15) is 11.6 Å². The number of carbonyl (C=O) groups excluding carboxylic acids is 2. The van der Waals surface area contributed by atoms with Crippen LogP contribution in [0.15, 0.2) is 64.2 Å². The van der Waals surface area contributed by atoms with Crippen LogP contribution in [-0.2, 0) is 16.1 Å². The molecule has 150 valence electrons. The van der Waals surface area contributed by atoms with Gasteiger partial charge >= 0.3 is 5.97 Å². The summed E-state index contributed by atoms with van der Waals surface area (Å²) in [4.78, 5) is 29.3. The maximum atomic E-state index is 12.7. The molecule has 0 spiro atoms. The molecule has 0 aliphatic heterocycles. The number of anilines is 1. The lowest BCUT2D eigenvalue weighted by molar-refractivity contribution is -0.139. The van der Waals surface area contributed by atoms with Gasteiger partial charge in [0, 0.05) is 9.37 Å². The van der Waals surface area contributed by atoms with Gasteiger partial charge in [-0.2, -0.15) is 0 Å². The van der Waals surface area contributed by atoms with E-state index in [1.807, 2.05) is 30.3 Å². The van der Waals surface area contributed by atoms with Gasteiger partial charge < -0.3 is 4.74 Å². The fourth-order valence-corrected chi connectivity index (χ4v) is 3.82. The highest BCUT2D eigenvalue weighted by Gasteiger charge is 2.19. The number of halogens is 1. The van der Waals surface area contributed by atoms with E-state index in [0.29, 0.717) is 17.0 Å². The molecule has 3 aromatic rings. The Balaban J connectivity index is 1.69. The second-order valence-electron chi connectivity index (χ2n) is 6.13. The first kappa shape index (κ1) is 21.1. The van der Waals surface area contributed by atoms with Crippen molar-refractivity contribution in [1.82, 2.24) is 14.8 Å². The molecule has 0 radical (unpaired) electrons. The number of rotatable bonds is 7. The molecule has 1 aromatic heterocycles. The number of hydrogen-bond acceptors (Lipinski definition) is 6. The van der Waals surface area contributed by atoms with Crippen LogP contribution in [0.3, 0.4) is 0 Å². The van der Waals surface area contributed by atoms with Crippen LogP contribution in [0.1, 0.15) is 22.8 Å². The molecule has 7 nitrogen and oxygen atoms in total. The van der Waals surface area contributed by atoms with E-state index in [2.05, 4.69) is 31.3 Å². The third kappa shape index (κ3) is 5.68. The Morgan fingerprint density at radius 3 is 2.66 bits per heavy atom. The van der Waals surface area contributed by atoms with Crippen molar-refractivity contribution in [2.24, 2.45) is 0 Å². The molecule has 0 aliphatic rings. The van der Waals surface area contributed by atoms with Crippen molar-refractivity contribution < 1.29 is 14.3 Å². The highest BCUT2D eigenvalue weighted by Crippen LogP contribution is 2.28. The average Bonchev–Trinajstić information content (AvgIpc) is 3.16. The number of aromatic nitrogens is 3. The van der Waals surface area contributed by atoms with E-state index in [9.17, 15) is 9.59 Å². The van der Waals surface area contributed by atoms with Gasteiger partial charge in [-0.25, -0.2) is 9.67 Å². The van der Waals surface area contributed by atoms with Gasteiger partial charge in [0.05, 0.1) is 19.2 Å². The number of hydrogen-bond donors (Lipinski definition) is 1. The summed E-state index contributed by atoms with van der Waals surface area (Å²) in [5.74, 6) is -0.474. The second-order valence-corrected chi connectivity index (χ2v) is 8.42. The Labute approximate surface area is 181 Å². The van der Waals surface area contributed by atoms with Crippen molar-refractivity contribution in [2.75, 3.05) is 12.4 Å². The van der Waals surface area contributed by atoms with Crippen LogP contribution in [0.2, 0.25) is 0 Å². The van der Waals surface area contributed by atoms with Crippen molar-refractivity contribution in [2.45, 2.75) is 23.6 Å². The zero-order chi connectivity index (χ0) is 20.8. The maximum absolute atomic E-state index is 12.7. The molecule has 3 rings (SSSR count). The highest BCUT2D eigenvalue weighted by atomic mass is 79.9. The molecule has 2 aromatic carbocycles. The van der Waals surface area contributed by atoms with E-state index in [0.717, 1.165) is 10.0 Å². The predicted octanol–water partition coefficient (Wildman–Crippen LogP) is 3.99. The monoisotopic (exact) mass is 474 g/mol. The summed E-state index contributed by atoms with van der Waals surface area (Å²) in [5.41, 5.74) is 1.51. The molecule has 29 heavy (non-hydrogen) atoms. The maximum Gasteiger partial charge on any atom is 0.318 e. The van der Waals surface area contributed by atoms with Crippen LogP contribution in [-0.4, -0.2) is 39.0 Å². The van der Waals surface area contributed by atoms with Crippen LogP contribution in [0.25, 0.3) is 0 Å². The molecule has 0 saturated heterocycles. The van der Waals surface area contributed by atoms with Gasteiger partial charge in [-0.15, -0.1) is 16.9 Å². The molecular weight excluding hydrogens is 456 g/mol. The van der Waals surface area contributed by atoms with Crippen LogP contribution >= 0.6 is 27.7 Å². The van der Waals surface area contributed by atoms with Gasteiger partial charge in [-0.3, -0.25) is 14.9 Å². The van der Waals surface area contributed by atoms with Gasteiger partial charge in [-0.05, 0) is 36.8 Å². The number of nitrogens with zero attached hydrogens (tertiary/aromatic N) is 3. The third-order valence-electron chi connectivity index (χ3n) is 3.99. The molecule has 1 N–H and O–H groups in total. The zero-order valence-electron chi connectivity index (χ0n) is 15.8. The van der Waals surface area contributed by atoms with Gasteiger partial charge in [-0.1, -0.05) is 40.2 Å². The zero-order valence-corrected chi connectivity index (χ0v) is 18.2.